The van der Waals surface area contributed by atoms with Crippen LogP contribution >= 0.6 is 11.6 Å². The standard InChI is InChI=1S/C23H16ClF3N4O3/c24-23(26,27)34-18-5-3-17(4-6-18)30-22(32)15-9-20(19-10-16(25)2-1-14(19)11-28)21(29-12-15)31-7-8-33-13-31/h1-6,9-10,12H,7-8,13H2,(H,30,32). The van der Waals surface area contributed by atoms with Crippen LogP contribution in [0.4, 0.5) is 24.7 Å². The Morgan fingerprint density at radius 3 is 2.62 bits per heavy atom. The smallest absolute Gasteiger partial charge is 0.420 e. The molecule has 0 spiro atoms. The van der Waals surface area contributed by atoms with Gasteiger partial charge in [-0.05, 0) is 48.5 Å². The summed E-state index contributed by atoms with van der Waals surface area (Å²) in [6.07, 6.45) is 1.35. The normalized spacial score (nSPS) is 13.4. The number of hydrogen-bond donors (Lipinski definition) is 1. The van der Waals surface area contributed by atoms with Crippen LogP contribution in [0.2, 0.25) is 0 Å². The van der Waals surface area contributed by atoms with E-state index in [9.17, 15) is 23.2 Å². The van der Waals surface area contributed by atoms with Gasteiger partial charge in [0.2, 0.25) is 0 Å². The maximum atomic E-state index is 14.0. The van der Waals surface area contributed by atoms with Crippen LogP contribution in [0, 0.1) is 17.1 Å². The maximum Gasteiger partial charge on any atom is 0.487 e. The molecule has 0 bridgehead atoms. The highest BCUT2D eigenvalue weighted by Crippen LogP contribution is 2.34. The van der Waals surface area contributed by atoms with Gasteiger partial charge in [-0.3, -0.25) is 4.79 Å². The van der Waals surface area contributed by atoms with E-state index >= 15 is 0 Å². The van der Waals surface area contributed by atoms with Crippen molar-refractivity contribution in [2.45, 2.75) is 5.57 Å². The molecule has 1 N–H and O–H groups in total. The number of carbonyl (C=O) groups is 1. The molecular weight excluding hydrogens is 473 g/mol. The number of carbonyl (C=O) groups excluding carboxylic acids is 1. The number of anilines is 2. The number of pyridine rings is 1. The van der Waals surface area contributed by atoms with Crippen LogP contribution in [0.5, 0.6) is 5.75 Å². The highest BCUT2D eigenvalue weighted by molar-refractivity contribution is 6.20. The number of nitrogens with one attached hydrogen (secondary N) is 1. The van der Waals surface area contributed by atoms with Crippen molar-refractivity contribution in [2.75, 3.05) is 30.1 Å². The molecule has 1 amide bonds. The van der Waals surface area contributed by atoms with Crippen molar-refractivity contribution in [1.82, 2.24) is 4.98 Å². The summed E-state index contributed by atoms with van der Waals surface area (Å²) in [6.45, 7) is 1.28. The van der Waals surface area contributed by atoms with Gasteiger partial charge in [0.1, 0.15) is 24.1 Å². The predicted molar refractivity (Wildman–Crippen MR) is 118 cm³/mol. The van der Waals surface area contributed by atoms with E-state index in [4.69, 9.17) is 16.3 Å². The number of ether oxygens (including phenoxy) is 2. The summed E-state index contributed by atoms with van der Waals surface area (Å²) >= 11 is 4.74. The number of aromatic nitrogens is 1. The topological polar surface area (TPSA) is 87.5 Å². The summed E-state index contributed by atoms with van der Waals surface area (Å²) in [5, 5.41) is 12.1. The van der Waals surface area contributed by atoms with Crippen LogP contribution in [-0.2, 0) is 4.74 Å². The first-order chi connectivity index (χ1) is 16.2. The third-order valence-electron chi connectivity index (χ3n) is 4.92. The number of nitrogens with zero attached hydrogens (tertiary/aromatic N) is 3. The fraction of sp³-hybridized carbons (Fsp3) is 0.174. The number of nitriles is 1. The minimum absolute atomic E-state index is 0.139. The molecule has 3 aromatic rings. The number of benzene rings is 2. The second-order valence-corrected chi connectivity index (χ2v) is 7.66. The number of halogens is 4. The zero-order chi connectivity index (χ0) is 24.3. The van der Waals surface area contributed by atoms with Crippen LogP contribution in [0.3, 0.4) is 0 Å². The van der Waals surface area contributed by atoms with Crippen molar-refractivity contribution in [2.24, 2.45) is 0 Å². The molecule has 0 atom stereocenters. The number of rotatable bonds is 6. The third kappa shape index (κ3) is 5.39. The number of hydrogen-bond acceptors (Lipinski definition) is 6. The molecule has 1 aliphatic heterocycles. The Bertz CT molecular complexity index is 1250. The average molecular weight is 489 g/mol. The molecule has 2 aromatic carbocycles. The van der Waals surface area contributed by atoms with Gasteiger partial charge < -0.3 is 19.7 Å². The van der Waals surface area contributed by atoms with E-state index in [1.165, 1.54) is 54.7 Å². The molecule has 4 rings (SSSR count). The van der Waals surface area contributed by atoms with Crippen molar-refractivity contribution in [3.05, 3.63) is 71.7 Å². The van der Waals surface area contributed by atoms with E-state index in [1.807, 2.05) is 11.0 Å². The molecule has 1 aliphatic rings. The fourth-order valence-corrected chi connectivity index (χ4v) is 3.48. The summed E-state index contributed by atoms with van der Waals surface area (Å²) in [5.41, 5.74) is -2.52. The summed E-state index contributed by atoms with van der Waals surface area (Å²) < 4.78 is 49.2. The van der Waals surface area contributed by atoms with Gasteiger partial charge in [0.05, 0.1) is 23.8 Å². The highest BCUT2D eigenvalue weighted by Gasteiger charge is 2.27. The van der Waals surface area contributed by atoms with Gasteiger partial charge in [-0.1, -0.05) is 0 Å². The summed E-state index contributed by atoms with van der Waals surface area (Å²) in [6, 6.07) is 12.5. The van der Waals surface area contributed by atoms with Crippen LogP contribution in [-0.4, -0.2) is 36.3 Å². The van der Waals surface area contributed by atoms with Gasteiger partial charge in [-0.25, -0.2) is 9.37 Å². The predicted octanol–water partition coefficient (Wildman–Crippen LogP) is 4.97. The maximum absolute atomic E-state index is 14.0. The Morgan fingerprint density at radius 1 is 1.21 bits per heavy atom. The van der Waals surface area contributed by atoms with Crippen molar-refractivity contribution in [3.63, 3.8) is 0 Å². The highest BCUT2D eigenvalue weighted by atomic mass is 35.5. The zero-order valence-corrected chi connectivity index (χ0v) is 18.2. The number of alkyl halides is 3. The molecule has 0 saturated carbocycles. The van der Waals surface area contributed by atoms with Crippen LogP contribution in [0.1, 0.15) is 15.9 Å². The van der Waals surface area contributed by atoms with E-state index in [0.717, 1.165) is 0 Å². The van der Waals surface area contributed by atoms with Crippen molar-refractivity contribution in [1.29, 1.82) is 5.26 Å². The molecule has 2 heterocycles. The molecule has 0 aliphatic carbocycles. The van der Waals surface area contributed by atoms with Crippen molar-refractivity contribution >= 4 is 29.0 Å². The molecule has 1 saturated heterocycles. The quantitative estimate of drug-likeness (QED) is 0.493. The lowest BCUT2D eigenvalue weighted by molar-refractivity contribution is -0.0964. The van der Waals surface area contributed by atoms with E-state index in [-0.39, 0.29) is 29.2 Å². The lowest BCUT2D eigenvalue weighted by Crippen LogP contribution is -2.22. The Hall–Kier alpha value is -3.81. The molecule has 1 fully saturated rings. The SMILES string of the molecule is N#Cc1ccc(F)cc1-c1cc(C(=O)Nc2ccc(OC(F)(F)Cl)cc2)cnc1N1CCOC1. The summed E-state index contributed by atoms with van der Waals surface area (Å²) in [4.78, 5) is 19.1. The van der Waals surface area contributed by atoms with E-state index in [1.54, 1.807) is 0 Å². The fourth-order valence-electron chi connectivity index (χ4n) is 3.39. The van der Waals surface area contributed by atoms with Gasteiger partial charge in [0.25, 0.3) is 5.91 Å². The largest absolute Gasteiger partial charge is 0.487 e. The molecule has 174 valence electrons. The van der Waals surface area contributed by atoms with Gasteiger partial charge in [-0.2, -0.15) is 5.26 Å². The molecular formula is C23H16ClF3N4O3. The zero-order valence-electron chi connectivity index (χ0n) is 17.4. The second kappa shape index (κ2) is 9.59. The molecule has 0 radical (unpaired) electrons. The van der Waals surface area contributed by atoms with Crippen LogP contribution in [0.15, 0.2) is 54.7 Å². The Kier molecular flexibility index (Phi) is 6.58. The monoisotopic (exact) mass is 488 g/mol. The molecule has 34 heavy (non-hydrogen) atoms. The van der Waals surface area contributed by atoms with Crippen LogP contribution in [0.25, 0.3) is 11.1 Å². The van der Waals surface area contributed by atoms with Gasteiger partial charge in [0.15, 0.2) is 0 Å². The molecule has 11 heteroatoms. The Morgan fingerprint density at radius 2 is 1.97 bits per heavy atom. The molecule has 0 unspecified atom stereocenters. The van der Waals surface area contributed by atoms with Crippen molar-refractivity contribution < 1.29 is 27.4 Å². The Labute approximate surface area is 197 Å². The first kappa shape index (κ1) is 23.4. The lowest BCUT2D eigenvalue weighted by atomic mass is 9.98. The van der Waals surface area contributed by atoms with E-state index < -0.39 is 17.3 Å². The lowest BCUT2D eigenvalue weighted by Gasteiger charge is -2.20. The van der Waals surface area contributed by atoms with Crippen LogP contribution < -0.4 is 15.0 Å². The Balaban J connectivity index is 1.65. The minimum atomic E-state index is -3.85. The minimum Gasteiger partial charge on any atom is -0.420 e. The number of amides is 1. The summed E-state index contributed by atoms with van der Waals surface area (Å²) in [5.74, 6) is -0.838. The van der Waals surface area contributed by atoms with Gasteiger partial charge in [0, 0.05) is 41.2 Å². The first-order valence-electron chi connectivity index (χ1n) is 9.93. The van der Waals surface area contributed by atoms with E-state index in [0.29, 0.717) is 30.2 Å². The first-order valence-corrected chi connectivity index (χ1v) is 10.3. The van der Waals surface area contributed by atoms with Gasteiger partial charge >= 0.3 is 5.57 Å². The van der Waals surface area contributed by atoms with Gasteiger partial charge in [-0.15, -0.1) is 8.78 Å². The molecule has 1 aromatic heterocycles. The van der Waals surface area contributed by atoms with Crippen molar-refractivity contribution in [3.8, 4) is 22.9 Å². The third-order valence-corrected chi connectivity index (χ3v) is 5.00. The van der Waals surface area contributed by atoms with E-state index in [2.05, 4.69) is 15.0 Å². The molecule has 7 nitrogen and oxygen atoms in total. The summed E-state index contributed by atoms with van der Waals surface area (Å²) in [7, 11) is 0. The second-order valence-electron chi connectivity index (χ2n) is 7.22. The average Bonchev–Trinajstić information content (AvgIpc) is 3.34.